The van der Waals surface area contributed by atoms with E-state index in [0.717, 1.165) is 77.5 Å². The smallest absolute Gasteiger partial charge is 0.420 e. The van der Waals surface area contributed by atoms with Crippen molar-refractivity contribution >= 4 is 65.3 Å². The lowest BCUT2D eigenvalue weighted by Gasteiger charge is -2.28. The molecule has 694 valence electrons. The van der Waals surface area contributed by atoms with Gasteiger partial charge in [0.25, 0.3) is 17.7 Å². The third kappa shape index (κ3) is 24.3. The van der Waals surface area contributed by atoms with Crippen molar-refractivity contribution in [2.75, 3.05) is 43.4 Å². The van der Waals surface area contributed by atoms with Crippen molar-refractivity contribution in [1.29, 1.82) is 0 Å². The van der Waals surface area contributed by atoms with Gasteiger partial charge in [0.05, 0.1) is 33.9 Å². The number of rotatable bonds is 26. The zero-order valence-electron chi connectivity index (χ0n) is 69.9. The van der Waals surface area contributed by atoms with Crippen LogP contribution in [0.5, 0.6) is 28.7 Å². The largest absolute Gasteiger partial charge is 0.507 e. The van der Waals surface area contributed by atoms with Crippen molar-refractivity contribution in [3.8, 4) is 62.9 Å². The molecule has 128 heavy (non-hydrogen) atoms. The average Bonchev–Trinajstić information content (AvgIpc) is 1.57. The molecule has 3 aromatic heterocycles. The summed E-state index contributed by atoms with van der Waals surface area (Å²) in [7, 11) is -11.0. The normalized spacial score (nSPS) is 15.9. The fourth-order valence-electron chi connectivity index (χ4n) is 13.5. The molecule has 31 nitrogen and oxygen atoms in total. The molecule has 7 heterocycles. The van der Waals surface area contributed by atoms with Gasteiger partial charge in [-0.25, -0.2) is 44.0 Å². The minimum Gasteiger partial charge on any atom is -0.507 e. The standard InChI is InChI=1S/C32H38F3N5O6S.C25H25F3N4O6S.C15H12F4N4O3.C10H14O3S.2CH4/c1-21(2)20-47(43,44)26-11-6-5-10-25(26)45-24-13-12-22(18-23(24)32(33,34)35)28-36-27(46-37-28)19-39-29(41)31(3,4)40(30(39)42)17-9-16-38-14-7-8-15-38;1-14(2)13-39(35,36)19-8-6-5-7-18(19)37-17-10-9-15(11-16(17)25(26,27)28)21-29-20(38-31-21)12-32-22(33)24(3,4)30-23(32)34;1-14(2)12(24)23(13(25)21-14)6-10-20-11(22-26-10)7-3-4-9(16)8(5-7)15(17,18)19;1-8(2)7-14(12,13)10-6-4-3-5-9(10)11;;/h5-6,10-13,18,21H,7-9,14-17,19-20H2,1-4H3;5-11,14H,12-13H2,1-4H3,(H,30,34);3-5H,6H2,1-2H3,(H,21,25);3-6,8,11H,7H2,1-2H3;2*1H4. The molecule has 0 spiro atoms. The van der Waals surface area contributed by atoms with Crippen LogP contribution in [0.15, 0.2) is 156 Å². The van der Waals surface area contributed by atoms with Crippen LogP contribution >= 0.6 is 0 Å². The van der Waals surface area contributed by atoms with E-state index in [4.69, 9.17) is 23.0 Å². The molecule has 0 saturated carbocycles. The SMILES string of the molecule is C.C.CC(C)CS(=O)(=O)c1ccccc1O.CC(C)CS(=O)(=O)c1ccccc1Oc1ccc(-c2noc(CN3C(=O)N(CCCN4CCCC4)C(C)(C)C3=O)n2)cc1C(F)(F)F.CC(C)CS(=O)(=O)c1ccccc1Oc1ccc(-c2noc(CN3C(=O)NC(C)(C)C3=O)n2)cc1C(F)(F)F.CC1(C)NC(=O)N(Cc2nc(-c3ccc(F)c(C(F)(F)F)c3)no2)C1=O. The number of hydrogen-bond acceptors (Lipinski definition) is 25. The number of benzene rings is 6. The second-order valence-corrected chi connectivity index (χ2v) is 38.4. The summed E-state index contributed by atoms with van der Waals surface area (Å²) >= 11 is 0. The lowest BCUT2D eigenvalue weighted by molar-refractivity contribution is -0.140. The third-order valence-corrected chi connectivity index (χ3v) is 25.8. The van der Waals surface area contributed by atoms with Gasteiger partial charge in [0.1, 0.15) is 85.5 Å². The maximum atomic E-state index is 14.2. The van der Waals surface area contributed by atoms with Crippen LogP contribution < -0.4 is 20.1 Å². The highest BCUT2D eigenvalue weighted by Crippen LogP contribution is 2.45. The fraction of sp³-hybridized carbons (Fsp3) is 0.429. The number of phenolic OH excluding ortho intramolecular Hbond substituents is 1. The number of carbonyl (C=O) groups excluding carboxylic acids is 6. The summed E-state index contributed by atoms with van der Waals surface area (Å²) in [6.45, 7) is 22.2. The Labute approximate surface area is 731 Å². The lowest BCUT2D eigenvalue weighted by Crippen LogP contribution is -2.45. The van der Waals surface area contributed by atoms with Gasteiger partial charge in [0.15, 0.2) is 29.5 Å². The number of ether oxygens (including phenoxy) is 2. The second-order valence-electron chi connectivity index (χ2n) is 32.4. The Morgan fingerprint density at radius 3 is 1.16 bits per heavy atom. The van der Waals surface area contributed by atoms with Gasteiger partial charge in [-0.1, -0.05) is 108 Å². The van der Waals surface area contributed by atoms with E-state index in [9.17, 15) is 103 Å². The summed E-state index contributed by atoms with van der Waals surface area (Å²) in [5, 5.41) is 25.3. The zero-order chi connectivity index (χ0) is 92.9. The minimum atomic E-state index is -4.89. The Kier molecular flexibility index (Phi) is 31.5. The minimum absolute atomic E-state index is 0. The number of amides is 9. The Bertz CT molecular complexity index is 5910. The summed E-state index contributed by atoms with van der Waals surface area (Å²) in [6.07, 6.45) is -11.6. The van der Waals surface area contributed by atoms with Gasteiger partial charge < -0.3 is 48.6 Å². The highest BCUT2D eigenvalue weighted by atomic mass is 32.2. The highest BCUT2D eigenvalue weighted by molar-refractivity contribution is 7.92. The molecule has 0 bridgehead atoms. The first-order valence-corrected chi connectivity index (χ1v) is 44.0. The third-order valence-electron chi connectivity index (χ3n) is 19.4. The van der Waals surface area contributed by atoms with Gasteiger partial charge in [-0.2, -0.15) is 54.5 Å². The van der Waals surface area contributed by atoms with Gasteiger partial charge >= 0.3 is 36.6 Å². The maximum absolute atomic E-state index is 14.2. The van der Waals surface area contributed by atoms with Crippen LogP contribution in [0.2, 0.25) is 0 Å². The molecule has 0 atom stereocenters. The number of nitrogens with zero attached hydrogens (tertiary/aromatic N) is 11. The first-order valence-electron chi connectivity index (χ1n) is 39.0. The van der Waals surface area contributed by atoms with Crippen molar-refractivity contribution in [3.63, 3.8) is 0 Å². The lowest BCUT2D eigenvalue weighted by atomic mass is 10.0. The van der Waals surface area contributed by atoms with Crippen LogP contribution in [-0.2, 0) is 82.1 Å². The summed E-state index contributed by atoms with van der Waals surface area (Å²) in [6, 6.07) is 23.6. The van der Waals surface area contributed by atoms with Crippen LogP contribution in [0.1, 0.15) is 152 Å². The number of phenols is 1. The van der Waals surface area contributed by atoms with Crippen LogP contribution in [0.4, 0.5) is 58.3 Å². The summed E-state index contributed by atoms with van der Waals surface area (Å²) in [5.41, 5.74) is -7.40. The van der Waals surface area contributed by atoms with Crippen molar-refractivity contribution in [2.24, 2.45) is 17.8 Å². The summed E-state index contributed by atoms with van der Waals surface area (Å²) < 4.78 is 238. The predicted molar refractivity (Wildman–Crippen MR) is 443 cm³/mol. The van der Waals surface area contributed by atoms with Crippen LogP contribution in [-0.4, -0.2) is 181 Å². The number of sulfone groups is 3. The van der Waals surface area contributed by atoms with Gasteiger partial charge in [-0.3, -0.25) is 29.1 Å². The van der Waals surface area contributed by atoms with E-state index in [2.05, 4.69) is 46.0 Å². The quantitative estimate of drug-likeness (QED) is 0.0335. The molecule has 0 radical (unpaired) electrons. The number of aromatic hydroxyl groups is 1. The molecule has 4 aliphatic rings. The number of nitrogens with one attached hydrogen (secondary N) is 2. The number of aromatic nitrogens is 6. The molecule has 4 fully saturated rings. The van der Waals surface area contributed by atoms with E-state index < -0.39 is 134 Å². The van der Waals surface area contributed by atoms with Crippen molar-refractivity contribution < 1.29 is 126 Å². The molecule has 9 aromatic rings. The van der Waals surface area contributed by atoms with Gasteiger partial charge in [-0.05, 0) is 189 Å². The van der Waals surface area contributed by atoms with E-state index in [0.29, 0.717) is 25.1 Å². The summed E-state index contributed by atoms with van der Waals surface area (Å²) in [4.78, 5) is 93.1. The van der Waals surface area contributed by atoms with Crippen LogP contribution in [0.3, 0.4) is 0 Å². The first-order chi connectivity index (χ1) is 58.6. The number of carbonyl (C=O) groups is 6. The number of hydrogen-bond donors (Lipinski definition) is 3. The molecular weight excluding hydrogens is 1770 g/mol. The monoisotopic (exact) mass is 1860 g/mol. The molecule has 9 amide bonds. The first kappa shape index (κ1) is 101. The highest BCUT2D eigenvalue weighted by Gasteiger charge is 2.52. The van der Waals surface area contributed by atoms with Crippen LogP contribution in [0.25, 0.3) is 34.2 Å². The van der Waals surface area contributed by atoms with Crippen molar-refractivity contribution in [1.82, 2.24) is 65.6 Å². The van der Waals surface area contributed by atoms with Crippen LogP contribution in [0, 0.1) is 23.6 Å². The number of alkyl halides is 9. The number of imide groups is 3. The molecule has 0 aliphatic carbocycles. The predicted octanol–water partition coefficient (Wildman–Crippen LogP) is 16.6. The van der Waals surface area contributed by atoms with E-state index in [-0.39, 0.29) is 153 Å². The number of halogens is 10. The number of para-hydroxylation sites is 3. The van der Waals surface area contributed by atoms with Gasteiger partial charge in [0, 0.05) is 23.2 Å². The number of likely N-dealkylation sites (tertiary alicyclic amines) is 1. The van der Waals surface area contributed by atoms with Gasteiger partial charge in [-0.15, -0.1) is 0 Å². The van der Waals surface area contributed by atoms with Crippen molar-refractivity contribution in [2.45, 2.75) is 187 Å². The molecule has 0 unspecified atom stereocenters. The molecule has 6 aromatic carbocycles. The maximum Gasteiger partial charge on any atom is 0.420 e. The Balaban J connectivity index is 0.000000225. The second kappa shape index (κ2) is 39.8. The van der Waals surface area contributed by atoms with E-state index in [1.165, 1.54) is 105 Å². The van der Waals surface area contributed by atoms with E-state index >= 15 is 0 Å². The molecule has 4 aliphatic heterocycles. The molecular formula is C84H97F10N13O18S3. The molecule has 44 heteroatoms. The topological polar surface area (TPSA) is 401 Å². The Morgan fingerprint density at radius 2 is 0.797 bits per heavy atom. The van der Waals surface area contributed by atoms with Crippen molar-refractivity contribution in [3.05, 3.63) is 168 Å². The number of urea groups is 3. The van der Waals surface area contributed by atoms with E-state index in [1.807, 2.05) is 13.8 Å². The fourth-order valence-corrected chi connectivity index (χ4v) is 18.7. The molecule has 3 N–H and O–H groups in total. The molecule has 4 saturated heterocycles. The van der Waals surface area contributed by atoms with E-state index in [1.54, 1.807) is 53.7 Å². The molecule has 13 rings (SSSR count). The van der Waals surface area contributed by atoms with Gasteiger partial charge in [0.2, 0.25) is 35.1 Å². The zero-order valence-corrected chi connectivity index (χ0v) is 72.3. The summed E-state index contributed by atoms with van der Waals surface area (Å²) in [5.74, 6) is -6.59. The Hall–Kier alpha value is -11.9. The average molecular weight is 1860 g/mol. The Morgan fingerprint density at radius 1 is 0.453 bits per heavy atom.